The number of anilines is 2. The normalized spacial score (nSPS) is 18.3. The van der Waals surface area contributed by atoms with Gasteiger partial charge in [-0.25, -0.2) is 4.79 Å². The molecule has 0 bridgehead atoms. The minimum atomic E-state index is -0.315. The Morgan fingerprint density at radius 1 is 1.50 bits per heavy atom. The molecule has 1 aromatic carbocycles. The summed E-state index contributed by atoms with van der Waals surface area (Å²) in [6, 6.07) is 5.41. The van der Waals surface area contributed by atoms with E-state index >= 15 is 0 Å². The number of carbonyl (C=O) groups is 1. The molecule has 1 saturated heterocycles. The maximum atomic E-state index is 12.1. The summed E-state index contributed by atoms with van der Waals surface area (Å²) in [6.45, 7) is 4.72. The second-order valence-electron chi connectivity index (χ2n) is 5.05. The zero-order chi connectivity index (χ0) is 14.5. The molecule has 1 fully saturated rings. The fourth-order valence-electron chi connectivity index (χ4n) is 2.62. The van der Waals surface area contributed by atoms with Crippen molar-refractivity contribution in [1.29, 1.82) is 0 Å². The second-order valence-corrected chi connectivity index (χ2v) is 5.05. The van der Waals surface area contributed by atoms with Gasteiger partial charge < -0.3 is 20.1 Å². The zero-order valence-corrected chi connectivity index (χ0v) is 12.1. The third-order valence-corrected chi connectivity index (χ3v) is 3.54. The van der Waals surface area contributed by atoms with Crippen LogP contribution in [0.25, 0.3) is 0 Å². The lowest BCUT2D eigenvalue weighted by molar-refractivity contribution is 0.0527. The van der Waals surface area contributed by atoms with Crippen molar-refractivity contribution in [2.24, 2.45) is 5.92 Å². The first kappa shape index (κ1) is 14.7. The SMILES string of the molecule is CCOC(=O)c1cc(N)ccc1N1CCC(COC)C1. The van der Waals surface area contributed by atoms with E-state index in [1.54, 1.807) is 20.1 Å². The van der Waals surface area contributed by atoms with Gasteiger partial charge in [0.2, 0.25) is 0 Å². The van der Waals surface area contributed by atoms with Gasteiger partial charge in [-0.05, 0) is 31.5 Å². The Morgan fingerprint density at radius 2 is 2.30 bits per heavy atom. The van der Waals surface area contributed by atoms with E-state index in [0.717, 1.165) is 31.8 Å². The highest BCUT2D eigenvalue weighted by atomic mass is 16.5. The Hall–Kier alpha value is -1.75. The van der Waals surface area contributed by atoms with E-state index in [9.17, 15) is 4.79 Å². The zero-order valence-electron chi connectivity index (χ0n) is 12.1. The van der Waals surface area contributed by atoms with E-state index in [4.69, 9.17) is 15.2 Å². The van der Waals surface area contributed by atoms with E-state index in [-0.39, 0.29) is 5.97 Å². The summed E-state index contributed by atoms with van der Waals surface area (Å²) in [7, 11) is 1.72. The van der Waals surface area contributed by atoms with Crippen LogP contribution in [0.4, 0.5) is 11.4 Å². The summed E-state index contributed by atoms with van der Waals surface area (Å²) >= 11 is 0. The van der Waals surface area contributed by atoms with Crippen molar-refractivity contribution in [1.82, 2.24) is 0 Å². The molecule has 1 aliphatic rings. The molecule has 0 aromatic heterocycles. The Kier molecular flexibility index (Phi) is 4.84. The van der Waals surface area contributed by atoms with Crippen molar-refractivity contribution < 1.29 is 14.3 Å². The molecule has 0 spiro atoms. The topological polar surface area (TPSA) is 64.8 Å². The lowest BCUT2D eigenvalue weighted by Crippen LogP contribution is -2.23. The van der Waals surface area contributed by atoms with Crippen LogP contribution in [0.1, 0.15) is 23.7 Å². The van der Waals surface area contributed by atoms with Crippen molar-refractivity contribution in [3.63, 3.8) is 0 Å². The van der Waals surface area contributed by atoms with Crippen LogP contribution < -0.4 is 10.6 Å². The number of hydrogen-bond donors (Lipinski definition) is 1. The first-order valence-corrected chi connectivity index (χ1v) is 6.96. The molecule has 0 amide bonds. The third-order valence-electron chi connectivity index (χ3n) is 3.54. The van der Waals surface area contributed by atoms with Gasteiger partial charge in [-0.1, -0.05) is 0 Å². The van der Waals surface area contributed by atoms with Gasteiger partial charge in [0.1, 0.15) is 0 Å². The first-order valence-electron chi connectivity index (χ1n) is 6.96. The maximum absolute atomic E-state index is 12.1. The van der Waals surface area contributed by atoms with Crippen LogP contribution in [0.2, 0.25) is 0 Å². The number of nitrogens with two attached hydrogens (primary N) is 1. The number of methoxy groups -OCH3 is 1. The number of benzene rings is 1. The number of hydrogen-bond acceptors (Lipinski definition) is 5. The van der Waals surface area contributed by atoms with Crippen LogP contribution in [-0.2, 0) is 9.47 Å². The summed E-state index contributed by atoms with van der Waals surface area (Å²) in [5.74, 6) is 0.192. The van der Waals surface area contributed by atoms with Crippen LogP contribution >= 0.6 is 0 Å². The molecule has 1 atom stereocenters. The minimum absolute atomic E-state index is 0.315. The quantitative estimate of drug-likeness (QED) is 0.658. The fraction of sp³-hybridized carbons (Fsp3) is 0.533. The molecular formula is C15H22N2O3. The van der Waals surface area contributed by atoms with Crippen LogP contribution in [0.15, 0.2) is 18.2 Å². The summed E-state index contributed by atoms with van der Waals surface area (Å²) in [5.41, 5.74) is 7.81. The van der Waals surface area contributed by atoms with Crippen LogP contribution in [0, 0.1) is 5.92 Å². The van der Waals surface area contributed by atoms with Gasteiger partial charge >= 0.3 is 5.97 Å². The molecule has 110 valence electrons. The first-order chi connectivity index (χ1) is 9.65. The van der Waals surface area contributed by atoms with Gasteiger partial charge in [-0.2, -0.15) is 0 Å². The number of nitrogens with zero attached hydrogens (tertiary/aromatic N) is 1. The highest BCUT2D eigenvalue weighted by Crippen LogP contribution is 2.29. The number of esters is 1. The second kappa shape index (κ2) is 6.61. The van der Waals surface area contributed by atoms with E-state index in [1.807, 2.05) is 12.1 Å². The molecule has 20 heavy (non-hydrogen) atoms. The van der Waals surface area contributed by atoms with Crippen molar-refractivity contribution in [3.05, 3.63) is 23.8 Å². The molecule has 1 aromatic rings. The van der Waals surface area contributed by atoms with Gasteiger partial charge in [-0.3, -0.25) is 0 Å². The largest absolute Gasteiger partial charge is 0.462 e. The Labute approximate surface area is 119 Å². The van der Waals surface area contributed by atoms with E-state index in [0.29, 0.717) is 23.8 Å². The molecule has 2 rings (SSSR count). The fourth-order valence-corrected chi connectivity index (χ4v) is 2.62. The molecule has 0 aliphatic carbocycles. The van der Waals surface area contributed by atoms with Crippen molar-refractivity contribution in [3.8, 4) is 0 Å². The Bertz CT molecular complexity index is 476. The average Bonchev–Trinajstić information content (AvgIpc) is 2.88. The molecule has 0 saturated carbocycles. The molecule has 5 heteroatoms. The van der Waals surface area contributed by atoms with Gasteiger partial charge in [0.05, 0.1) is 24.5 Å². The maximum Gasteiger partial charge on any atom is 0.340 e. The predicted molar refractivity (Wildman–Crippen MR) is 79.0 cm³/mol. The standard InChI is InChI=1S/C15H22N2O3/c1-3-20-15(18)13-8-12(16)4-5-14(13)17-7-6-11(9-17)10-19-2/h4-5,8,11H,3,6-7,9-10,16H2,1-2H3. The Morgan fingerprint density at radius 3 is 3.00 bits per heavy atom. The molecular weight excluding hydrogens is 256 g/mol. The lowest BCUT2D eigenvalue weighted by Gasteiger charge is -2.21. The number of nitrogen functional groups attached to an aromatic ring is 1. The summed E-state index contributed by atoms with van der Waals surface area (Å²) in [4.78, 5) is 14.3. The number of rotatable bonds is 5. The number of carbonyl (C=O) groups excluding carboxylic acids is 1. The van der Waals surface area contributed by atoms with Gasteiger partial charge in [0.25, 0.3) is 0 Å². The molecule has 0 radical (unpaired) electrons. The van der Waals surface area contributed by atoms with Crippen molar-refractivity contribution in [2.45, 2.75) is 13.3 Å². The monoisotopic (exact) mass is 278 g/mol. The summed E-state index contributed by atoms with van der Waals surface area (Å²) < 4.78 is 10.3. The molecule has 1 heterocycles. The van der Waals surface area contributed by atoms with E-state index < -0.39 is 0 Å². The van der Waals surface area contributed by atoms with Crippen molar-refractivity contribution in [2.75, 3.05) is 44.0 Å². The van der Waals surface area contributed by atoms with E-state index in [1.165, 1.54) is 0 Å². The molecule has 2 N–H and O–H groups in total. The average molecular weight is 278 g/mol. The Balaban J connectivity index is 2.21. The number of ether oxygens (including phenoxy) is 2. The highest BCUT2D eigenvalue weighted by Gasteiger charge is 2.26. The third kappa shape index (κ3) is 3.22. The predicted octanol–water partition coefficient (Wildman–Crippen LogP) is 1.92. The minimum Gasteiger partial charge on any atom is -0.462 e. The molecule has 1 unspecified atom stereocenters. The summed E-state index contributed by atoms with van der Waals surface area (Å²) in [5, 5.41) is 0. The van der Waals surface area contributed by atoms with Gasteiger partial charge in [0.15, 0.2) is 0 Å². The van der Waals surface area contributed by atoms with Gasteiger partial charge in [-0.15, -0.1) is 0 Å². The van der Waals surface area contributed by atoms with Gasteiger partial charge in [0, 0.05) is 31.8 Å². The van der Waals surface area contributed by atoms with Crippen LogP contribution in [0.5, 0.6) is 0 Å². The van der Waals surface area contributed by atoms with Crippen LogP contribution in [-0.4, -0.2) is 39.4 Å². The van der Waals surface area contributed by atoms with Crippen LogP contribution in [0.3, 0.4) is 0 Å². The van der Waals surface area contributed by atoms with E-state index in [2.05, 4.69) is 4.90 Å². The molecule has 1 aliphatic heterocycles. The lowest BCUT2D eigenvalue weighted by atomic mass is 10.1. The molecule has 5 nitrogen and oxygen atoms in total. The smallest absolute Gasteiger partial charge is 0.340 e. The highest BCUT2D eigenvalue weighted by molar-refractivity contribution is 5.97. The summed E-state index contributed by atoms with van der Waals surface area (Å²) in [6.07, 6.45) is 1.07. The van der Waals surface area contributed by atoms with Crippen molar-refractivity contribution >= 4 is 17.3 Å².